The molecule has 0 aliphatic carbocycles. The number of hydrogen-bond acceptors (Lipinski definition) is 4. The van der Waals surface area contributed by atoms with Gasteiger partial charge in [-0.1, -0.05) is 20.8 Å². The lowest BCUT2D eigenvalue weighted by atomic mass is 9.94. The van der Waals surface area contributed by atoms with Gasteiger partial charge >= 0.3 is 0 Å². The molecule has 1 aromatic heterocycles. The van der Waals surface area contributed by atoms with Crippen LogP contribution in [0.25, 0.3) is 0 Å². The standard InChI is InChI=1S/C19H31N3O2/c1-13-10-20-16(14(2)17(13)24-6)12-22-9-7-8-15(11-22)21-18(23)19(3,4)5/h10,15H,7-9,11-12H2,1-6H3,(H,21,23). The molecular weight excluding hydrogens is 302 g/mol. The van der Waals surface area contributed by atoms with Gasteiger partial charge in [-0.3, -0.25) is 14.7 Å². The number of rotatable bonds is 4. The Morgan fingerprint density at radius 3 is 2.75 bits per heavy atom. The number of carbonyl (C=O) groups excluding carboxylic acids is 1. The summed E-state index contributed by atoms with van der Waals surface area (Å²) in [4.78, 5) is 19.2. The predicted molar refractivity (Wildman–Crippen MR) is 96.2 cm³/mol. The number of nitrogens with zero attached hydrogens (tertiary/aromatic N) is 2. The number of hydrogen-bond donors (Lipinski definition) is 1. The lowest BCUT2D eigenvalue weighted by molar-refractivity contribution is -0.129. The Hall–Kier alpha value is -1.62. The second kappa shape index (κ2) is 7.51. The molecule has 1 fully saturated rings. The van der Waals surface area contributed by atoms with Crippen LogP contribution < -0.4 is 10.1 Å². The molecule has 1 atom stereocenters. The van der Waals surface area contributed by atoms with Gasteiger partial charge in [0.05, 0.1) is 12.8 Å². The summed E-state index contributed by atoms with van der Waals surface area (Å²) in [6.07, 6.45) is 4.02. The molecule has 0 radical (unpaired) electrons. The van der Waals surface area contributed by atoms with E-state index in [1.165, 1.54) is 0 Å². The molecule has 0 aromatic carbocycles. The molecule has 1 aliphatic heterocycles. The number of piperidine rings is 1. The minimum Gasteiger partial charge on any atom is -0.496 e. The average Bonchev–Trinajstić information content (AvgIpc) is 2.50. The van der Waals surface area contributed by atoms with Crippen molar-refractivity contribution in [3.8, 4) is 5.75 Å². The Morgan fingerprint density at radius 2 is 2.12 bits per heavy atom. The number of nitrogens with one attached hydrogen (secondary N) is 1. The maximum absolute atomic E-state index is 12.2. The number of aromatic nitrogens is 1. The predicted octanol–water partition coefficient (Wildman–Crippen LogP) is 2.83. The van der Waals surface area contributed by atoms with E-state index in [-0.39, 0.29) is 17.4 Å². The number of amides is 1. The highest BCUT2D eigenvalue weighted by molar-refractivity contribution is 5.81. The fourth-order valence-electron chi connectivity index (χ4n) is 3.16. The van der Waals surface area contributed by atoms with Crippen molar-refractivity contribution in [2.45, 2.75) is 60.0 Å². The van der Waals surface area contributed by atoms with Crippen molar-refractivity contribution in [3.63, 3.8) is 0 Å². The molecule has 2 heterocycles. The van der Waals surface area contributed by atoms with E-state index in [0.717, 1.165) is 55.0 Å². The van der Waals surface area contributed by atoms with Gasteiger partial charge in [0, 0.05) is 41.9 Å². The molecule has 5 heteroatoms. The summed E-state index contributed by atoms with van der Waals surface area (Å²) in [6.45, 7) is 12.7. The first-order valence-corrected chi connectivity index (χ1v) is 8.74. The van der Waals surface area contributed by atoms with Gasteiger partial charge in [0.1, 0.15) is 5.75 Å². The first kappa shape index (κ1) is 18.7. The molecule has 2 rings (SSSR count). The summed E-state index contributed by atoms with van der Waals surface area (Å²) < 4.78 is 5.50. The molecule has 1 saturated heterocycles. The molecule has 1 aromatic rings. The van der Waals surface area contributed by atoms with E-state index in [1.807, 2.05) is 33.9 Å². The van der Waals surface area contributed by atoms with E-state index in [2.05, 4.69) is 22.1 Å². The molecule has 1 unspecified atom stereocenters. The Labute approximate surface area is 145 Å². The first-order chi connectivity index (χ1) is 11.2. The molecular formula is C19H31N3O2. The van der Waals surface area contributed by atoms with Gasteiger partial charge in [-0.2, -0.15) is 0 Å². The summed E-state index contributed by atoms with van der Waals surface area (Å²) in [5, 5.41) is 3.20. The van der Waals surface area contributed by atoms with Gasteiger partial charge in [0.15, 0.2) is 0 Å². The minimum atomic E-state index is -0.343. The van der Waals surface area contributed by atoms with Gasteiger partial charge in [-0.25, -0.2) is 0 Å². The van der Waals surface area contributed by atoms with Crippen LogP contribution in [0.2, 0.25) is 0 Å². The second-order valence-corrected chi connectivity index (χ2v) is 7.84. The maximum Gasteiger partial charge on any atom is 0.225 e. The van der Waals surface area contributed by atoms with Crippen molar-refractivity contribution in [1.82, 2.24) is 15.2 Å². The highest BCUT2D eigenvalue weighted by Crippen LogP contribution is 2.25. The topological polar surface area (TPSA) is 54.5 Å². The van der Waals surface area contributed by atoms with Crippen molar-refractivity contribution < 1.29 is 9.53 Å². The van der Waals surface area contributed by atoms with Crippen molar-refractivity contribution in [2.24, 2.45) is 5.41 Å². The maximum atomic E-state index is 12.2. The van der Waals surface area contributed by atoms with Gasteiger partial charge in [-0.15, -0.1) is 0 Å². The monoisotopic (exact) mass is 333 g/mol. The lowest BCUT2D eigenvalue weighted by Gasteiger charge is -2.34. The van der Waals surface area contributed by atoms with E-state index in [4.69, 9.17) is 4.74 Å². The summed E-state index contributed by atoms with van der Waals surface area (Å²) >= 11 is 0. The van der Waals surface area contributed by atoms with Crippen LogP contribution in [0.4, 0.5) is 0 Å². The molecule has 1 aliphatic rings. The number of aryl methyl sites for hydroxylation is 1. The van der Waals surface area contributed by atoms with Crippen molar-refractivity contribution in [2.75, 3.05) is 20.2 Å². The number of pyridine rings is 1. The van der Waals surface area contributed by atoms with E-state index in [9.17, 15) is 4.79 Å². The fourth-order valence-corrected chi connectivity index (χ4v) is 3.16. The highest BCUT2D eigenvalue weighted by atomic mass is 16.5. The highest BCUT2D eigenvalue weighted by Gasteiger charge is 2.27. The largest absolute Gasteiger partial charge is 0.496 e. The van der Waals surface area contributed by atoms with Crippen LogP contribution in [0.15, 0.2) is 6.20 Å². The summed E-state index contributed by atoms with van der Waals surface area (Å²) in [7, 11) is 1.71. The molecule has 1 amide bonds. The third-order valence-corrected chi connectivity index (χ3v) is 4.65. The van der Waals surface area contributed by atoms with Gasteiger partial charge in [0.25, 0.3) is 0 Å². The van der Waals surface area contributed by atoms with Crippen LogP contribution in [0.5, 0.6) is 5.75 Å². The number of ether oxygens (including phenoxy) is 1. The molecule has 5 nitrogen and oxygen atoms in total. The fraction of sp³-hybridized carbons (Fsp3) is 0.684. The van der Waals surface area contributed by atoms with E-state index in [0.29, 0.717) is 0 Å². The zero-order chi connectivity index (χ0) is 17.9. The van der Waals surface area contributed by atoms with E-state index < -0.39 is 0 Å². The van der Waals surface area contributed by atoms with E-state index >= 15 is 0 Å². The van der Waals surface area contributed by atoms with Crippen LogP contribution in [-0.2, 0) is 11.3 Å². The smallest absolute Gasteiger partial charge is 0.225 e. The summed E-state index contributed by atoms with van der Waals surface area (Å²) in [5.74, 6) is 1.05. The Balaban J connectivity index is 2.02. The van der Waals surface area contributed by atoms with Crippen LogP contribution in [0.1, 0.15) is 50.4 Å². The quantitative estimate of drug-likeness (QED) is 0.920. The van der Waals surface area contributed by atoms with Gasteiger partial charge < -0.3 is 10.1 Å². The second-order valence-electron chi connectivity index (χ2n) is 7.84. The first-order valence-electron chi connectivity index (χ1n) is 8.74. The zero-order valence-electron chi connectivity index (χ0n) is 15.9. The SMILES string of the molecule is COc1c(C)cnc(CN2CCCC(NC(=O)C(C)(C)C)C2)c1C. The van der Waals surface area contributed by atoms with Gasteiger partial charge in [-0.05, 0) is 33.2 Å². The number of carbonyl (C=O) groups is 1. The van der Waals surface area contributed by atoms with Crippen LogP contribution >= 0.6 is 0 Å². The third kappa shape index (κ3) is 4.47. The summed E-state index contributed by atoms with van der Waals surface area (Å²) in [5.41, 5.74) is 2.89. The van der Waals surface area contributed by atoms with E-state index in [1.54, 1.807) is 7.11 Å². The lowest BCUT2D eigenvalue weighted by Crippen LogP contribution is -2.50. The molecule has 1 N–H and O–H groups in total. The minimum absolute atomic E-state index is 0.126. The van der Waals surface area contributed by atoms with Crippen molar-refractivity contribution >= 4 is 5.91 Å². The Morgan fingerprint density at radius 1 is 1.42 bits per heavy atom. The summed E-state index contributed by atoms with van der Waals surface area (Å²) in [6, 6.07) is 0.220. The number of methoxy groups -OCH3 is 1. The average molecular weight is 333 g/mol. The van der Waals surface area contributed by atoms with Gasteiger partial charge in [0.2, 0.25) is 5.91 Å². The molecule has 0 bridgehead atoms. The molecule has 0 saturated carbocycles. The van der Waals surface area contributed by atoms with Crippen molar-refractivity contribution in [3.05, 3.63) is 23.0 Å². The number of likely N-dealkylation sites (tertiary alicyclic amines) is 1. The van der Waals surface area contributed by atoms with Crippen LogP contribution in [0, 0.1) is 19.3 Å². The molecule has 0 spiro atoms. The normalized spacial score (nSPS) is 19.2. The third-order valence-electron chi connectivity index (χ3n) is 4.65. The molecule has 134 valence electrons. The molecule has 24 heavy (non-hydrogen) atoms. The Bertz CT molecular complexity index is 593. The Kier molecular flexibility index (Phi) is 5.86. The van der Waals surface area contributed by atoms with Crippen LogP contribution in [-0.4, -0.2) is 42.0 Å². The van der Waals surface area contributed by atoms with Crippen molar-refractivity contribution in [1.29, 1.82) is 0 Å². The zero-order valence-corrected chi connectivity index (χ0v) is 15.9. The van der Waals surface area contributed by atoms with Crippen LogP contribution in [0.3, 0.4) is 0 Å².